The lowest BCUT2D eigenvalue weighted by atomic mass is 9.93. The van der Waals surface area contributed by atoms with E-state index in [1.807, 2.05) is 12.1 Å². The summed E-state index contributed by atoms with van der Waals surface area (Å²) in [6, 6.07) is 5.56. The van der Waals surface area contributed by atoms with E-state index in [1.165, 1.54) is 0 Å². The van der Waals surface area contributed by atoms with Gasteiger partial charge in [0.05, 0.1) is 15.2 Å². The molecule has 2 rings (SSSR count). The fourth-order valence-corrected chi connectivity index (χ4v) is 3.32. The molecule has 4 nitrogen and oxygen atoms in total. The molecule has 1 N–H and O–H groups in total. The average molecular weight is 307 g/mol. The van der Waals surface area contributed by atoms with Gasteiger partial charge in [-0.25, -0.2) is 9.78 Å². The lowest BCUT2D eigenvalue weighted by Crippen LogP contribution is -2.25. The number of aliphatic carboxylic acids is 1. The van der Waals surface area contributed by atoms with Crippen LogP contribution in [0.5, 0.6) is 5.75 Å². The van der Waals surface area contributed by atoms with Crippen molar-refractivity contribution in [1.82, 2.24) is 4.98 Å². The highest BCUT2D eigenvalue weighted by molar-refractivity contribution is 7.18. The van der Waals surface area contributed by atoms with E-state index in [0.717, 1.165) is 21.6 Å². The van der Waals surface area contributed by atoms with Gasteiger partial charge in [-0.3, -0.25) is 0 Å². The second-order valence-electron chi connectivity index (χ2n) is 6.33. The summed E-state index contributed by atoms with van der Waals surface area (Å²) < 4.78 is 6.56. The zero-order chi connectivity index (χ0) is 15.6. The number of carboxylic acid groups (broad SMARTS) is 1. The monoisotopic (exact) mass is 307 g/mol. The molecule has 0 radical (unpaired) electrons. The predicted molar refractivity (Wildman–Crippen MR) is 85.1 cm³/mol. The maximum atomic E-state index is 11.0. The molecular formula is C16H21NO3S. The number of carbonyl (C=O) groups is 1. The molecule has 1 heterocycles. The molecule has 1 atom stereocenters. The predicted octanol–water partition coefficient (Wildman–Crippen LogP) is 4.13. The number of aromatic nitrogens is 1. The Morgan fingerprint density at radius 2 is 2.14 bits per heavy atom. The Bertz CT molecular complexity index is 642. The molecule has 0 aliphatic carbocycles. The van der Waals surface area contributed by atoms with Gasteiger partial charge in [0.25, 0.3) is 0 Å². The van der Waals surface area contributed by atoms with Crippen molar-refractivity contribution >= 4 is 27.5 Å². The smallest absolute Gasteiger partial charge is 0.344 e. The third-order valence-electron chi connectivity index (χ3n) is 3.01. The molecule has 0 saturated heterocycles. The molecule has 2 aromatic rings. The Kier molecular flexibility index (Phi) is 4.52. The zero-order valence-corrected chi connectivity index (χ0v) is 13.7. The van der Waals surface area contributed by atoms with Crippen LogP contribution in [0.2, 0.25) is 0 Å². The van der Waals surface area contributed by atoms with Crippen molar-refractivity contribution in [3.63, 3.8) is 0 Å². The van der Waals surface area contributed by atoms with Gasteiger partial charge < -0.3 is 9.84 Å². The minimum atomic E-state index is -0.935. The van der Waals surface area contributed by atoms with Crippen LogP contribution in [0.3, 0.4) is 0 Å². The van der Waals surface area contributed by atoms with E-state index < -0.39 is 12.1 Å². The van der Waals surface area contributed by atoms with Crippen molar-refractivity contribution in [2.45, 2.75) is 46.6 Å². The summed E-state index contributed by atoms with van der Waals surface area (Å²) in [6.45, 7) is 8.36. The van der Waals surface area contributed by atoms with E-state index in [9.17, 15) is 4.79 Å². The van der Waals surface area contributed by atoms with Crippen molar-refractivity contribution in [1.29, 1.82) is 0 Å². The largest absolute Gasteiger partial charge is 0.479 e. The number of thiazole rings is 1. The summed E-state index contributed by atoms with van der Waals surface area (Å²) in [5, 5.41) is 10.1. The normalized spacial score (nSPS) is 13.3. The highest BCUT2D eigenvalue weighted by Crippen LogP contribution is 2.30. The van der Waals surface area contributed by atoms with Gasteiger partial charge in [0.2, 0.25) is 0 Å². The molecular weight excluding hydrogens is 286 g/mol. The van der Waals surface area contributed by atoms with Crippen LogP contribution in [-0.4, -0.2) is 22.2 Å². The maximum absolute atomic E-state index is 11.0. The van der Waals surface area contributed by atoms with Crippen LogP contribution in [0.1, 0.15) is 39.1 Å². The number of rotatable bonds is 5. The van der Waals surface area contributed by atoms with Gasteiger partial charge in [0.15, 0.2) is 6.10 Å². The Labute approximate surface area is 128 Å². The third kappa shape index (κ3) is 4.17. The van der Waals surface area contributed by atoms with E-state index >= 15 is 0 Å². The van der Waals surface area contributed by atoms with Gasteiger partial charge in [-0.2, -0.15) is 0 Å². The minimum absolute atomic E-state index is 0.198. The van der Waals surface area contributed by atoms with Crippen molar-refractivity contribution < 1.29 is 14.6 Å². The Balaban J connectivity index is 2.23. The molecule has 0 aliphatic rings. The molecule has 0 fully saturated rings. The molecule has 0 aliphatic heterocycles. The topological polar surface area (TPSA) is 59.4 Å². The van der Waals surface area contributed by atoms with Crippen molar-refractivity contribution in [3.05, 3.63) is 23.2 Å². The molecule has 1 unspecified atom stereocenters. The number of carboxylic acids is 1. The first-order chi connectivity index (χ1) is 9.78. The number of hydrogen-bond acceptors (Lipinski definition) is 4. The Hall–Kier alpha value is -1.62. The fourth-order valence-electron chi connectivity index (χ4n) is 2.03. The molecule has 5 heteroatoms. The highest BCUT2D eigenvalue weighted by atomic mass is 32.1. The third-order valence-corrected chi connectivity index (χ3v) is 4.03. The first kappa shape index (κ1) is 15.8. The van der Waals surface area contributed by atoms with E-state index in [-0.39, 0.29) is 5.41 Å². The standard InChI is InChI=1S/C16H21NO3S/c1-5-12(15(18)19)20-10-6-7-11-13(8-10)21-14(17-11)9-16(2,3)4/h6-8,12H,5,9H2,1-4H3,(H,18,19). The first-order valence-electron chi connectivity index (χ1n) is 7.07. The zero-order valence-electron chi connectivity index (χ0n) is 12.8. The van der Waals surface area contributed by atoms with Crippen LogP contribution in [0.4, 0.5) is 0 Å². The quantitative estimate of drug-likeness (QED) is 0.902. The van der Waals surface area contributed by atoms with Gasteiger partial charge in [0, 0.05) is 6.42 Å². The van der Waals surface area contributed by atoms with E-state index in [4.69, 9.17) is 9.84 Å². The second kappa shape index (κ2) is 6.02. The van der Waals surface area contributed by atoms with Gasteiger partial charge in [0.1, 0.15) is 5.75 Å². The van der Waals surface area contributed by atoms with Crippen molar-refractivity contribution in [2.75, 3.05) is 0 Å². The minimum Gasteiger partial charge on any atom is -0.479 e. The number of ether oxygens (including phenoxy) is 1. The summed E-state index contributed by atoms with van der Waals surface area (Å²) in [6.07, 6.45) is 0.560. The molecule has 1 aromatic heterocycles. The Morgan fingerprint density at radius 1 is 1.43 bits per heavy atom. The Morgan fingerprint density at radius 3 is 2.71 bits per heavy atom. The number of hydrogen-bond donors (Lipinski definition) is 1. The molecule has 0 amide bonds. The lowest BCUT2D eigenvalue weighted by Gasteiger charge is -2.15. The molecule has 0 spiro atoms. The van der Waals surface area contributed by atoms with Gasteiger partial charge >= 0.3 is 5.97 Å². The SMILES string of the molecule is CCC(Oc1ccc2nc(CC(C)(C)C)sc2c1)C(=O)O. The van der Waals surface area contributed by atoms with Gasteiger partial charge in [-0.05, 0) is 30.0 Å². The van der Waals surface area contributed by atoms with Crippen LogP contribution in [0.25, 0.3) is 10.2 Å². The molecule has 0 saturated carbocycles. The van der Waals surface area contributed by atoms with E-state index in [2.05, 4.69) is 25.8 Å². The van der Waals surface area contributed by atoms with Gasteiger partial charge in [-0.1, -0.05) is 27.7 Å². The van der Waals surface area contributed by atoms with E-state index in [0.29, 0.717) is 12.2 Å². The number of benzene rings is 1. The summed E-state index contributed by atoms with van der Waals surface area (Å²) >= 11 is 1.64. The first-order valence-corrected chi connectivity index (χ1v) is 7.89. The molecule has 0 bridgehead atoms. The van der Waals surface area contributed by atoms with Crippen molar-refractivity contribution in [2.24, 2.45) is 5.41 Å². The van der Waals surface area contributed by atoms with Gasteiger partial charge in [-0.15, -0.1) is 11.3 Å². The van der Waals surface area contributed by atoms with Crippen LogP contribution in [0.15, 0.2) is 18.2 Å². The number of fused-ring (bicyclic) bond motifs is 1. The van der Waals surface area contributed by atoms with Crippen molar-refractivity contribution in [3.8, 4) is 5.75 Å². The fraction of sp³-hybridized carbons (Fsp3) is 0.500. The highest BCUT2D eigenvalue weighted by Gasteiger charge is 2.18. The van der Waals surface area contributed by atoms with Crippen LogP contribution in [-0.2, 0) is 11.2 Å². The lowest BCUT2D eigenvalue weighted by molar-refractivity contribution is -0.145. The number of nitrogens with zero attached hydrogens (tertiary/aromatic N) is 1. The maximum Gasteiger partial charge on any atom is 0.344 e. The van der Waals surface area contributed by atoms with E-state index in [1.54, 1.807) is 24.3 Å². The summed E-state index contributed by atoms with van der Waals surface area (Å²) in [5.41, 5.74) is 1.14. The summed E-state index contributed by atoms with van der Waals surface area (Å²) in [4.78, 5) is 15.6. The average Bonchev–Trinajstić information content (AvgIpc) is 2.74. The van der Waals surface area contributed by atoms with Crippen LogP contribution in [0, 0.1) is 5.41 Å². The van der Waals surface area contributed by atoms with Crippen LogP contribution < -0.4 is 4.74 Å². The second-order valence-corrected chi connectivity index (χ2v) is 7.44. The summed E-state index contributed by atoms with van der Waals surface area (Å²) in [5.74, 6) is -0.349. The summed E-state index contributed by atoms with van der Waals surface area (Å²) in [7, 11) is 0. The molecule has 1 aromatic carbocycles. The van der Waals surface area contributed by atoms with Crippen LogP contribution >= 0.6 is 11.3 Å². The molecule has 21 heavy (non-hydrogen) atoms. The molecule has 114 valence electrons.